The first-order valence-electron chi connectivity index (χ1n) is 10.6. The van der Waals surface area contributed by atoms with Gasteiger partial charge in [-0.15, -0.1) is 0 Å². The van der Waals surface area contributed by atoms with Gasteiger partial charge in [0.25, 0.3) is 5.91 Å². The second kappa shape index (κ2) is 8.29. The lowest BCUT2D eigenvalue weighted by atomic mass is 9.98. The molecule has 0 radical (unpaired) electrons. The van der Waals surface area contributed by atoms with Crippen molar-refractivity contribution in [3.8, 4) is 22.8 Å². The van der Waals surface area contributed by atoms with Crippen molar-refractivity contribution < 1.29 is 19.2 Å². The number of likely N-dealkylation sites (tertiary alicyclic amines) is 1. The van der Waals surface area contributed by atoms with Gasteiger partial charge >= 0.3 is 0 Å². The highest BCUT2D eigenvalue weighted by Gasteiger charge is 2.48. The Bertz CT molecular complexity index is 1130. The molecule has 2 aliphatic rings. The summed E-state index contributed by atoms with van der Waals surface area (Å²) in [6.07, 6.45) is 3.97. The maximum Gasteiger partial charge on any atom is 0.262 e. The van der Waals surface area contributed by atoms with Crippen LogP contribution in [0.15, 0.2) is 41.1 Å². The lowest BCUT2D eigenvalue weighted by molar-refractivity contribution is -0.144. The Labute approximate surface area is 184 Å². The van der Waals surface area contributed by atoms with E-state index in [0.29, 0.717) is 41.9 Å². The lowest BCUT2D eigenvalue weighted by Crippen LogP contribution is -2.35. The van der Waals surface area contributed by atoms with Gasteiger partial charge in [0.15, 0.2) is 5.76 Å². The van der Waals surface area contributed by atoms with Gasteiger partial charge in [0.05, 0.1) is 29.7 Å². The largest absolute Gasteiger partial charge is 0.379 e. The molecule has 166 valence electrons. The third-order valence-corrected chi connectivity index (χ3v) is 5.85. The minimum atomic E-state index is -1.69. The Morgan fingerprint density at radius 1 is 1.19 bits per heavy atom. The van der Waals surface area contributed by atoms with E-state index >= 15 is 0 Å². The zero-order chi connectivity index (χ0) is 22.1. The number of hydrogen-bond donors (Lipinski definition) is 2. The number of likely N-dealkylation sites (N-methyl/N-ethyl adjacent to an activating group) is 1. The van der Waals surface area contributed by atoms with Crippen LogP contribution in [0, 0.1) is 0 Å². The predicted molar refractivity (Wildman–Crippen MR) is 114 cm³/mol. The van der Waals surface area contributed by atoms with Crippen molar-refractivity contribution in [1.29, 1.82) is 0 Å². The SMILES string of the molecule is CN1CC[C@@](O)(c2cc(-c3cccc(-c4ccnc(N[C@@H]5CCCOC5)n4)n3)no2)C1=O. The smallest absolute Gasteiger partial charge is 0.262 e. The molecule has 0 aliphatic carbocycles. The van der Waals surface area contributed by atoms with Crippen molar-refractivity contribution in [2.45, 2.75) is 30.9 Å². The van der Waals surface area contributed by atoms with E-state index in [9.17, 15) is 9.90 Å². The molecule has 0 bridgehead atoms. The number of carbonyl (C=O) groups is 1. The Kier molecular flexibility index (Phi) is 5.32. The molecule has 10 heteroatoms. The van der Waals surface area contributed by atoms with Crippen molar-refractivity contribution in [3.05, 3.63) is 42.3 Å². The Balaban J connectivity index is 1.38. The summed E-state index contributed by atoms with van der Waals surface area (Å²) in [5, 5.41) is 18.1. The van der Waals surface area contributed by atoms with Crippen molar-refractivity contribution >= 4 is 11.9 Å². The van der Waals surface area contributed by atoms with Gasteiger partial charge in [-0.2, -0.15) is 0 Å². The lowest BCUT2D eigenvalue weighted by Gasteiger charge is -2.23. The average molecular weight is 436 g/mol. The molecule has 5 heterocycles. The normalized spacial score (nSPS) is 23.5. The van der Waals surface area contributed by atoms with Crippen LogP contribution in [0.5, 0.6) is 0 Å². The fraction of sp³-hybridized carbons (Fsp3) is 0.409. The molecule has 1 amide bonds. The van der Waals surface area contributed by atoms with Crippen molar-refractivity contribution in [3.63, 3.8) is 0 Å². The topological polar surface area (TPSA) is 126 Å². The summed E-state index contributed by atoms with van der Waals surface area (Å²) in [6, 6.07) is 9.04. The van der Waals surface area contributed by atoms with E-state index < -0.39 is 11.5 Å². The number of rotatable bonds is 5. The molecule has 0 saturated carbocycles. The standard InChI is InChI=1S/C22H24N6O4/c1-28-10-8-22(30,20(28)29)19-12-18(27-32-19)16-6-2-5-15(25-16)17-7-9-23-21(26-17)24-14-4-3-11-31-13-14/h2,5-7,9,12,14,30H,3-4,8,10-11,13H2,1H3,(H,23,24,26)/t14-,22-/m1/s1. The van der Waals surface area contributed by atoms with Crippen molar-refractivity contribution in [2.75, 3.05) is 32.1 Å². The monoisotopic (exact) mass is 436 g/mol. The Morgan fingerprint density at radius 2 is 2.00 bits per heavy atom. The third-order valence-electron chi connectivity index (χ3n) is 5.85. The maximum absolute atomic E-state index is 12.3. The first-order chi connectivity index (χ1) is 15.5. The molecule has 2 aliphatic heterocycles. The molecular formula is C22H24N6O4. The van der Waals surface area contributed by atoms with Gasteiger partial charge in [0.2, 0.25) is 11.5 Å². The van der Waals surface area contributed by atoms with E-state index in [1.807, 2.05) is 12.1 Å². The number of nitrogens with zero attached hydrogens (tertiary/aromatic N) is 5. The van der Waals surface area contributed by atoms with Crippen LogP contribution in [0.25, 0.3) is 22.8 Å². The second-order valence-corrected chi connectivity index (χ2v) is 8.15. The summed E-state index contributed by atoms with van der Waals surface area (Å²) < 4.78 is 10.8. The van der Waals surface area contributed by atoms with Gasteiger partial charge in [-0.05, 0) is 31.0 Å². The number of hydrogen-bond acceptors (Lipinski definition) is 9. The molecular weight excluding hydrogens is 412 g/mol. The number of amides is 1. The van der Waals surface area contributed by atoms with Crippen LogP contribution in [-0.2, 0) is 15.1 Å². The summed E-state index contributed by atoms with van der Waals surface area (Å²) in [6.45, 7) is 1.89. The summed E-state index contributed by atoms with van der Waals surface area (Å²) >= 11 is 0. The quantitative estimate of drug-likeness (QED) is 0.616. The van der Waals surface area contributed by atoms with Gasteiger partial charge < -0.3 is 24.6 Å². The predicted octanol–water partition coefficient (Wildman–Crippen LogP) is 1.83. The Hall–Kier alpha value is -3.37. The summed E-state index contributed by atoms with van der Waals surface area (Å²) in [5.41, 5.74) is 0.607. The van der Waals surface area contributed by atoms with Crippen LogP contribution in [0.2, 0.25) is 0 Å². The molecule has 10 nitrogen and oxygen atoms in total. The number of aromatic nitrogens is 4. The first-order valence-corrected chi connectivity index (χ1v) is 10.6. The molecule has 3 aromatic rings. The minimum Gasteiger partial charge on any atom is -0.379 e. The van der Waals surface area contributed by atoms with Gasteiger partial charge in [0.1, 0.15) is 5.69 Å². The second-order valence-electron chi connectivity index (χ2n) is 8.15. The van der Waals surface area contributed by atoms with E-state index in [1.165, 1.54) is 4.90 Å². The molecule has 0 spiro atoms. The number of ether oxygens (including phenoxy) is 1. The number of nitrogens with one attached hydrogen (secondary N) is 1. The molecule has 5 rings (SSSR count). The summed E-state index contributed by atoms with van der Waals surface area (Å²) in [7, 11) is 1.65. The van der Waals surface area contributed by atoms with E-state index in [1.54, 1.807) is 31.4 Å². The number of aliphatic hydroxyl groups is 1. The Morgan fingerprint density at radius 3 is 2.75 bits per heavy atom. The van der Waals surface area contributed by atoms with Gasteiger partial charge in [-0.25, -0.2) is 15.0 Å². The van der Waals surface area contributed by atoms with Crippen LogP contribution in [-0.4, -0.2) is 68.9 Å². The molecule has 2 atom stereocenters. The molecule has 0 unspecified atom stereocenters. The average Bonchev–Trinajstić information content (AvgIpc) is 3.43. The highest BCUT2D eigenvalue weighted by atomic mass is 16.5. The fourth-order valence-electron chi connectivity index (χ4n) is 4.00. The number of anilines is 1. The van der Waals surface area contributed by atoms with E-state index in [0.717, 1.165) is 19.4 Å². The van der Waals surface area contributed by atoms with E-state index in [4.69, 9.17) is 9.26 Å². The zero-order valence-corrected chi connectivity index (χ0v) is 17.7. The molecule has 2 N–H and O–H groups in total. The van der Waals surface area contributed by atoms with Crippen LogP contribution < -0.4 is 5.32 Å². The summed E-state index contributed by atoms with van der Waals surface area (Å²) in [4.78, 5) is 27.4. The van der Waals surface area contributed by atoms with Gasteiger partial charge in [0, 0.05) is 38.9 Å². The molecule has 0 aromatic carbocycles. The van der Waals surface area contributed by atoms with Crippen LogP contribution in [0.3, 0.4) is 0 Å². The van der Waals surface area contributed by atoms with Crippen LogP contribution in [0.4, 0.5) is 5.95 Å². The van der Waals surface area contributed by atoms with Gasteiger partial charge in [-0.3, -0.25) is 4.79 Å². The van der Waals surface area contributed by atoms with Gasteiger partial charge in [-0.1, -0.05) is 11.2 Å². The minimum absolute atomic E-state index is 0.122. The molecule has 3 aromatic heterocycles. The highest BCUT2D eigenvalue weighted by Crippen LogP contribution is 2.34. The summed E-state index contributed by atoms with van der Waals surface area (Å²) in [5.74, 6) is 0.253. The van der Waals surface area contributed by atoms with E-state index in [2.05, 4.69) is 25.4 Å². The maximum atomic E-state index is 12.3. The van der Waals surface area contributed by atoms with Crippen molar-refractivity contribution in [1.82, 2.24) is 25.0 Å². The fourth-order valence-corrected chi connectivity index (χ4v) is 4.00. The van der Waals surface area contributed by atoms with Crippen LogP contribution >= 0.6 is 0 Å². The zero-order valence-electron chi connectivity index (χ0n) is 17.7. The highest BCUT2D eigenvalue weighted by molar-refractivity contribution is 5.87. The molecule has 2 saturated heterocycles. The number of carbonyl (C=O) groups excluding carboxylic acids is 1. The molecule has 2 fully saturated rings. The molecule has 32 heavy (non-hydrogen) atoms. The van der Waals surface area contributed by atoms with Crippen molar-refractivity contribution in [2.24, 2.45) is 0 Å². The van der Waals surface area contributed by atoms with Crippen LogP contribution in [0.1, 0.15) is 25.0 Å². The first kappa shape index (κ1) is 20.5. The van der Waals surface area contributed by atoms with E-state index in [-0.39, 0.29) is 18.2 Å². The third kappa shape index (κ3) is 3.82. The number of pyridine rings is 1.